The van der Waals surface area contributed by atoms with Crippen LogP contribution in [0.1, 0.15) is 25.3 Å². The molecule has 0 saturated heterocycles. The lowest BCUT2D eigenvalue weighted by Crippen LogP contribution is -2.25. The zero-order valence-corrected chi connectivity index (χ0v) is 15.8. The number of rotatable bonds is 8. The number of hydrogen-bond acceptors (Lipinski definition) is 7. The van der Waals surface area contributed by atoms with Crippen LogP contribution in [-0.4, -0.2) is 35.9 Å². The molecule has 0 spiro atoms. The third-order valence-electron chi connectivity index (χ3n) is 4.47. The number of fused-ring (bicyclic) bond motifs is 1. The van der Waals surface area contributed by atoms with E-state index in [1.807, 2.05) is 24.3 Å². The summed E-state index contributed by atoms with van der Waals surface area (Å²) in [5.74, 6) is 0. The summed E-state index contributed by atoms with van der Waals surface area (Å²) in [6.07, 6.45) is 2.03. The first-order valence-electron chi connectivity index (χ1n) is 8.92. The van der Waals surface area contributed by atoms with Crippen molar-refractivity contribution in [3.05, 3.63) is 52.1 Å². The molecule has 0 N–H and O–H groups in total. The summed E-state index contributed by atoms with van der Waals surface area (Å²) in [4.78, 5) is 15.1. The van der Waals surface area contributed by atoms with Crippen LogP contribution in [0.3, 0.4) is 0 Å². The minimum Gasteiger partial charge on any atom is -0.372 e. The Morgan fingerprint density at radius 2 is 1.81 bits per heavy atom. The topological polar surface area (TPSA) is 88.5 Å². The second-order valence-electron chi connectivity index (χ2n) is 6.64. The second kappa shape index (κ2) is 8.03. The van der Waals surface area contributed by atoms with Crippen LogP contribution in [0, 0.1) is 10.1 Å². The van der Waals surface area contributed by atoms with Crippen molar-refractivity contribution in [2.75, 3.05) is 30.4 Å². The largest absolute Gasteiger partial charge is 0.372 e. The van der Waals surface area contributed by atoms with Gasteiger partial charge in [0.2, 0.25) is 5.52 Å². The van der Waals surface area contributed by atoms with Crippen LogP contribution in [-0.2, 0) is 6.54 Å². The monoisotopic (exact) mass is 369 g/mol. The smallest absolute Gasteiger partial charge is 0.323 e. The first-order valence-corrected chi connectivity index (χ1v) is 8.92. The minimum atomic E-state index is -0.431. The van der Waals surface area contributed by atoms with Gasteiger partial charge in [-0.2, -0.15) is 0 Å². The third-order valence-corrected chi connectivity index (χ3v) is 4.47. The maximum absolute atomic E-state index is 11.6. The van der Waals surface area contributed by atoms with E-state index in [1.165, 1.54) is 0 Å². The molecule has 142 valence electrons. The van der Waals surface area contributed by atoms with Gasteiger partial charge in [0.25, 0.3) is 0 Å². The molecule has 0 aliphatic rings. The Labute approximate surface area is 157 Å². The average Bonchev–Trinajstić information content (AvgIpc) is 3.13. The van der Waals surface area contributed by atoms with Gasteiger partial charge in [-0.05, 0) is 28.4 Å². The molecule has 0 unspecified atom stereocenters. The summed E-state index contributed by atoms with van der Waals surface area (Å²) in [5, 5.41) is 19.5. The van der Waals surface area contributed by atoms with Gasteiger partial charge >= 0.3 is 5.69 Å². The standard InChI is InChI=1S/C19H23N5O3/c1-4-5-11-23(13-14-9-7-6-8-10-14)15-12-16(22(2)3)19(24(25)26)18-17(15)20-27-21-18/h6-10,12H,4-5,11,13H2,1-3H3. The lowest BCUT2D eigenvalue weighted by atomic mass is 10.1. The Kier molecular flexibility index (Phi) is 5.54. The Bertz CT molecular complexity index is 924. The lowest BCUT2D eigenvalue weighted by molar-refractivity contribution is -0.382. The molecule has 0 amide bonds. The SMILES string of the molecule is CCCCN(Cc1ccccc1)c1cc(N(C)C)c([N+](=O)[O-])c2nonc12. The molecule has 0 saturated carbocycles. The van der Waals surface area contributed by atoms with Crippen molar-refractivity contribution >= 4 is 28.1 Å². The number of anilines is 2. The highest BCUT2D eigenvalue weighted by atomic mass is 16.6. The predicted octanol–water partition coefficient (Wildman–Crippen LogP) is 4.00. The molecule has 0 aliphatic heterocycles. The van der Waals surface area contributed by atoms with Gasteiger partial charge < -0.3 is 9.80 Å². The van der Waals surface area contributed by atoms with Crippen LogP contribution in [0.4, 0.5) is 17.1 Å². The maximum atomic E-state index is 11.6. The van der Waals surface area contributed by atoms with Crippen molar-refractivity contribution in [1.29, 1.82) is 0 Å². The fourth-order valence-electron chi connectivity index (χ4n) is 3.10. The molecule has 3 aromatic rings. The molecule has 1 aromatic heterocycles. The number of aromatic nitrogens is 2. The summed E-state index contributed by atoms with van der Waals surface area (Å²) in [5.41, 5.74) is 2.93. The summed E-state index contributed by atoms with van der Waals surface area (Å²) in [7, 11) is 3.55. The Hall–Kier alpha value is -3.16. The third kappa shape index (κ3) is 3.84. The maximum Gasteiger partial charge on any atom is 0.323 e. The van der Waals surface area contributed by atoms with Gasteiger partial charge in [-0.1, -0.05) is 43.7 Å². The minimum absolute atomic E-state index is 0.0878. The van der Waals surface area contributed by atoms with E-state index < -0.39 is 4.92 Å². The van der Waals surface area contributed by atoms with Crippen LogP contribution < -0.4 is 9.80 Å². The van der Waals surface area contributed by atoms with E-state index in [2.05, 4.69) is 34.3 Å². The zero-order chi connectivity index (χ0) is 19.4. The van der Waals surface area contributed by atoms with Gasteiger partial charge in [-0.15, -0.1) is 0 Å². The molecular weight excluding hydrogens is 346 g/mol. The summed E-state index contributed by atoms with van der Waals surface area (Å²) >= 11 is 0. The first-order chi connectivity index (χ1) is 13.0. The van der Waals surface area contributed by atoms with Crippen molar-refractivity contribution in [2.45, 2.75) is 26.3 Å². The Morgan fingerprint density at radius 3 is 2.44 bits per heavy atom. The van der Waals surface area contributed by atoms with Crippen LogP contribution in [0.5, 0.6) is 0 Å². The quantitative estimate of drug-likeness (QED) is 0.438. The van der Waals surface area contributed by atoms with Crippen molar-refractivity contribution in [1.82, 2.24) is 10.3 Å². The highest BCUT2D eigenvalue weighted by molar-refractivity contribution is 5.99. The molecule has 0 fully saturated rings. The summed E-state index contributed by atoms with van der Waals surface area (Å²) in [6, 6.07) is 11.9. The van der Waals surface area contributed by atoms with E-state index in [0.717, 1.165) is 30.6 Å². The molecule has 2 aromatic carbocycles. The zero-order valence-electron chi connectivity index (χ0n) is 15.8. The normalized spacial score (nSPS) is 10.9. The van der Waals surface area contributed by atoms with Crippen LogP contribution in [0.25, 0.3) is 11.0 Å². The summed E-state index contributed by atoms with van der Waals surface area (Å²) < 4.78 is 4.89. The van der Waals surface area contributed by atoms with Crippen LogP contribution in [0.2, 0.25) is 0 Å². The molecule has 8 heteroatoms. The van der Waals surface area contributed by atoms with E-state index in [9.17, 15) is 10.1 Å². The number of unbranched alkanes of at least 4 members (excludes halogenated alkanes) is 1. The highest BCUT2D eigenvalue weighted by Gasteiger charge is 2.28. The van der Waals surface area contributed by atoms with Crippen molar-refractivity contribution in [3.63, 3.8) is 0 Å². The molecule has 0 atom stereocenters. The van der Waals surface area contributed by atoms with Gasteiger partial charge in [0.15, 0.2) is 5.52 Å². The summed E-state index contributed by atoms with van der Waals surface area (Å²) in [6.45, 7) is 3.61. The average molecular weight is 369 g/mol. The molecule has 0 aliphatic carbocycles. The van der Waals surface area contributed by atoms with E-state index in [1.54, 1.807) is 19.0 Å². The molecular formula is C19H23N5O3. The molecule has 0 bridgehead atoms. The van der Waals surface area contributed by atoms with E-state index in [-0.39, 0.29) is 11.2 Å². The number of benzene rings is 2. The van der Waals surface area contributed by atoms with Crippen molar-refractivity contribution < 1.29 is 9.55 Å². The molecule has 3 rings (SSSR count). The number of nitro groups is 1. The number of nitro benzene ring substituents is 1. The first kappa shape index (κ1) is 18.6. The molecule has 1 heterocycles. The van der Waals surface area contributed by atoms with Crippen LogP contribution >= 0.6 is 0 Å². The van der Waals surface area contributed by atoms with Crippen molar-refractivity contribution in [3.8, 4) is 0 Å². The van der Waals surface area contributed by atoms with E-state index in [4.69, 9.17) is 4.63 Å². The van der Waals surface area contributed by atoms with Gasteiger partial charge in [0, 0.05) is 27.2 Å². The van der Waals surface area contributed by atoms with Gasteiger partial charge in [-0.25, -0.2) is 4.63 Å². The molecule has 0 radical (unpaired) electrons. The lowest BCUT2D eigenvalue weighted by Gasteiger charge is -2.26. The fraction of sp³-hybridized carbons (Fsp3) is 0.368. The molecule has 27 heavy (non-hydrogen) atoms. The highest BCUT2D eigenvalue weighted by Crippen LogP contribution is 2.40. The fourth-order valence-corrected chi connectivity index (χ4v) is 3.10. The Balaban J connectivity index is 2.15. The van der Waals surface area contributed by atoms with Gasteiger partial charge in [-0.3, -0.25) is 10.1 Å². The predicted molar refractivity (Wildman–Crippen MR) is 105 cm³/mol. The van der Waals surface area contributed by atoms with Gasteiger partial charge in [0.1, 0.15) is 5.69 Å². The van der Waals surface area contributed by atoms with Crippen molar-refractivity contribution in [2.24, 2.45) is 0 Å². The molecule has 8 nitrogen and oxygen atoms in total. The van der Waals surface area contributed by atoms with E-state index >= 15 is 0 Å². The van der Waals surface area contributed by atoms with Crippen LogP contribution in [0.15, 0.2) is 41.0 Å². The van der Waals surface area contributed by atoms with Gasteiger partial charge in [0.05, 0.1) is 10.6 Å². The Morgan fingerprint density at radius 1 is 1.11 bits per heavy atom. The van der Waals surface area contributed by atoms with E-state index in [0.29, 0.717) is 17.7 Å². The second-order valence-corrected chi connectivity index (χ2v) is 6.64. The number of hydrogen-bond donors (Lipinski definition) is 0. The number of nitrogens with zero attached hydrogens (tertiary/aromatic N) is 5.